The number of aromatic nitrogens is 1. The van der Waals surface area contributed by atoms with E-state index in [4.69, 9.17) is 27.6 Å². The number of nitrogens with zero attached hydrogens (tertiary/aromatic N) is 1. The Bertz CT molecular complexity index is 799. The van der Waals surface area contributed by atoms with Crippen LogP contribution in [0.2, 0.25) is 10.0 Å². The van der Waals surface area contributed by atoms with E-state index in [1.807, 2.05) is 0 Å². The van der Waals surface area contributed by atoms with Crippen molar-refractivity contribution in [1.82, 2.24) is 4.98 Å². The van der Waals surface area contributed by atoms with Gasteiger partial charge in [0, 0.05) is 11.3 Å². The third kappa shape index (κ3) is 2.48. The zero-order valence-corrected chi connectivity index (χ0v) is 11.6. The molecule has 3 aromatic rings. The minimum Gasteiger partial charge on any atom is -0.443 e. The number of nitrogens with one attached hydrogen (secondary N) is 1. The molecule has 0 spiro atoms. The molecule has 6 heteroatoms. The second-order valence-corrected chi connectivity index (χ2v) is 4.93. The fourth-order valence-electron chi connectivity index (χ4n) is 1.78. The van der Waals surface area contributed by atoms with Crippen LogP contribution in [0.4, 0.5) is 5.69 Å². The summed E-state index contributed by atoms with van der Waals surface area (Å²) in [4.78, 5) is 16.1. The molecule has 1 N–H and O–H groups in total. The third-order valence-electron chi connectivity index (χ3n) is 2.77. The smallest absolute Gasteiger partial charge is 0.255 e. The first-order chi connectivity index (χ1) is 9.63. The molecule has 1 aromatic heterocycles. The molecule has 0 aliphatic rings. The normalized spacial score (nSPS) is 10.7. The quantitative estimate of drug-likeness (QED) is 0.764. The molecule has 3 rings (SSSR count). The van der Waals surface area contributed by atoms with E-state index in [2.05, 4.69) is 10.3 Å². The van der Waals surface area contributed by atoms with E-state index >= 15 is 0 Å². The molecule has 2 aromatic carbocycles. The number of amides is 1. The average molecular weight is 307 g/mol. The molecule has 0 aliphatic heterocycles. The lowest BCUT2D eigenvalue weighted by Crippen LogP contribution is -2.11. The van der Waals surface area contributed by atoms with E-state index in [0.29, 0.717) is 32.4 Å². The molecule has 1 amide bonds. The summed E-state index contributed by atoms with van der Waals surface area (Å²) in [7, 11) is 0. The van der Waals surface area contributed by atoms with Crippen molar-refractivity contribution in [1.29, 1.82) is 0 Å². The van der Waals surface area contributed by atoms with Crippen LogP contribution in [-0.2, 0) is 0 Å². The van der Waals surface area contributed by atoms with E-state index in [1.165, 1.54) is 6.39 Å². The number of hydrogen-bond donors (Lipinski definition) is 1. The van der Waals surface area contributed by atoms with Crippen molar-refractivity contribution in [3.05, 3.63) is 58.4 Å². The van der Waals surface area contributed by atoms with Crippen LogP contribution in [0.15, 0.2) is 47.2 Å². The van der Waals surface area contributed by atoms with Crippen LogP contribution in [0.1, 0.15) is 10.4 Å². The van der Waals surface area contributed by atoms with Crippen LogP contribution >= 0.6 is 23.2 Å². The van der Waals surface area contributed by atoms with Gasteiger partial charge in [-0.15, -0.1) is 0 Å². The van der Waals surface area contributed by atoms with Crippen LogP contribution in [0, 0.1) is 0 Å². The van der Waals surface area contributed by atoms with Crippen molar-refractivity contribution in [3.8, 4) is 0 Å². The number of carbonyl (C=O) groups excluding carboxylic acids is 1. The monoisotopic (exact) mass is 306 g/mol. The van der Waals surface area contributed by atoms with Gasteiger partial charge in [0.05, 0.1) is 10.0 Å². The van der Waals surface area contributed by atoms with Gasteiger partial charge in [-0.25, -0.2) is 4.98 Å². The van der Waals surface area contributed by atoms with Crippen LogP contribution in [0.25, 0.3) is 11.1 Å². The molecule has 0 unspecified atom stereocenters. The van der Waals surface area contributed by atoms with Gasteiger partial charge in [0.1, 0.15) is 5.52 Å². The summed E-state index contributed by atoms with van der Waals surface area (Å²) < 4.78 is 5.12. The molecule has 0 saturated heterocycles. The maximum atomic E-state index is 12.1. The second kappa shape index (κ2) is 5.15. The Morgan fingerprint density at radius 2 is 1.95 bits per heavy atom. The summed E-state index contributed by atoms with van der Waals surface area (Å²) >= 11 is 11.7. The number of halogens is 2. The van der Waals surface area contributed by atoms with Crippen molar-refractivity contribution in [2.75, 3.05) is 5.32 Å². The van der Waals surface area contributed by atoms with Crippen molar-refractivity contribution in [2.45, 2.75) is 0 Å². The van der Waals surface area contributed by atoms with Gasteiger partial charge in [0.15, 0.2) is 12.0 Å². The number of oxazole rings is 1. The van der Waals surface area contributed by atoms with Crippen molar-refractivity contribution < 1.29 is 9.21 Å². The van der Waals surface area contributed by atoms with Gasteiger partial charge in [-0.05, 0) is 36.4 Å². The molecule has 0 saturated carbocycles. The lowest BCUT2D eigenvalue weighted by atomic mass is 10.2. The number of benzene rings is 2. The van der Waals surface area contributed by atoms with Gasteiger partial charge in [0.2, 0.25) is 0 Å². The number of carbonyl (C=O) groups is 1. The van der Waals surface area contributed by atoms with E-state index in [-0.39, 0.29) is 5.91 Å². The molecule has 0 radical (unpaired) electrons. The predicted molar refractivity (Wildman–Crippen MR) is 78.4 cm³/mol. The van der Waals surface area contributed by atoms with Crippen LogP contribution in [0.5, 0.6) is 0 Å². The van der Waals surface area contributed by atoms with Crippen LogP contribution < -0.4 is 5.32 Å². The van der Waals surface area contributed by atoms with E-state index in [1.54, 1.807) is 36.4 Å². The van der Waals surface area contributed by atoms with E-state index in [0.717, 1.165) is 0 Å². The average Bonchev–Trinajstić information content (AvgIpc) is 2.90. The standard InChI is InChI=1S/C14H8Cl2N2O2/c15-10-3-2-9(6-11(10)16)18-14(19)8-1-4-13-12(5-8)17-7-20-13/h1-7H,(H,18,19). The van der Waals surface area contributed by atoms with Crippen molar-refractivity contribution in [3.63, 3.8) is 0 Å². The van der Waals surface area contributed by atoms with Gasteiger partial charge >= 0.3 is 0 Å². The molecule has 0 bridgehead atoms. The fourth-order valence-corrected chi connectivity index (χ4v) is 2.07. The predicted octanol–water partition coefficient (Wildman–Crippen LogP) is 4.39. The largest absolute Gasteiger partial charge is 0.443 e. The Labute approximate surface area is 124 Å². The first-order valence-corrected chi connectivity index (χ1v) is 6.49. The maximum absolute atomic E-state index is 12.1. The highest BCUT2D eigenvalue weighted by molar-refractivity contribution is 6.42. The SMILES string of the molecule is O=C(Nc1ccc(Cl)c(Cl)c1)c1ccc2ocnc2c1. The molecular weight excluding hydrogens is 299 g/mol. The van der Waals surface area contributed by atoms with Crippen molar-refractivity contribution >= 4 is 45.9 Å². The van der Waals surface area contributed by atoms with Gasteiger partial charge in [-0.1, -0.05) is 23.2 Å². The Morgan fingerprint density at radius 3 is 2.75 bits per heavy atom. The van der Waals surface area contributed by atoms with Gasteiger partial charge in [-0.2, -0.15) is 0 Å². The number of hydrogen-bond acceptors (Lipinski definition) is 3. The van der Waals surface area contributed by atoms with E-state index < -0.39 is 0 Å². The van der Waals surface area contributed by atoms with Crippen molar-refractivity contribution in [2.24, 2.45) is 0 Å². The summed E-state index contributed by atoms with van der Waals surface area (Å²) in [6.45, 7) is 0. The minimum absolute atomic E-state index is 0.256. The molecule has 20 heavy (non-hydrogen) atoms. The fraction of sp³-hybridized carbons (Fsp3) is 0. The zero-order chi connectivity index (χ0) is 14.1. The Kier molecular flexibility index (Phi) is 3.34. The summed E-state index contributed by atoms with van der Waals surface area (Å²) in [5, 5.41) is 3.57. The number of fused-ring (bicyclic) bond motifs is 1. The highest BCUT2D eigenvalue weighted by Gasteiger charge is 2.09. The first-order valence-electron chi connectivity index (χ1n) is 5.73. The topological polar surface area (TPSA) is 55.1 Å². The molecule has 0 aliphatic carbocycles. The summed E-state index contributed by atoms with van der Waals surface area (Å²) in [5.41, 5.74) is 2.32. The van der Waals surface area contributed by atoms with Gasteiger partial charge < -0.3 is 9.73 Å². The van der Waals surface area contributed by atoms with Gasteiger partial charge in [-0.3, -0.25) is 4.79 Å². The Hall–Kier alpha value is -2.04. The zero-order valence-electron chi connectivity index (χ0n) is 10.1. The molecule has 0 fully saturated rings. The lowest BCUT2D eigenvalue weighted by molar-refractivity contribution is 0.102. The summed E-state index contributed by atoms with van der Waals surface area (Å²) in [5.74, 6) is -0.256. The number of anilines is 1. The number of rotatable bonds is 2. The Morgan fingerprint density at radius 1 is 1.10 bits per heavy atom. The molecular formula is C14H8Cl2N2O2. The van der Waals surface area contributed by atoms with Gasteiger partial charge in [0.25, 0.3) is 5.91 Å². The minimum atomic E-state index is -0.256. The summed E-state index contributed by atoms with van der Waals surface area (Å²) in [6, 6.07) is 9.93. The second-order valence-electron chi connectivity index (χ2n) is 4.12. The van der Waals surface area contributed by atoms with Crippen LogP contribution in [-0.4, -0.2) is 10.9 Å². The lowest BCUT2D eigenvalue weighted by Gasteiger charge is -2.06. The summed E-state index contributed by atoms with van der Waals surface area (Å²) in [6.07, 6.45) is 1.34. The maximum Gasteiger partial charge on any atom is 0.255 e. The first kappa shape index (κ1) is 13.0. The molecule has 4 nitrogen and oxygen atoms in total. The highest BCUT2D eigenvalue weighted by Crippen LogP contribution is 2.25. The third-order valence-corrected chi connectivity index (χ3v) is 3.51. The Balaban J connectivity index is 1.86. The van der Waals surface area contributed by atoms with Crippen LogP contribution in [0.3, 0.4) is 0 Å². The molecule has 100 valence electrons. The molecule has 0 atom stereocenters. The highest BCUT2D eigenvalue weighted by atomic mass is 35.5. The molecule has 1 heterocycles. The van der Waals surface area contributed by atoms with E-state index in [9.17, 15) is 4.79 Å².